The molecule has 1 aromatic rings. The molecule has 1 aromatic carbocycles. The molecule has 5 nitrogen and oxygen atoms in total. The van der Waals surface area contributed by atoms with Crippen LogP contribution in [0.1, 0.15) is 28.4 Å². The number of hydrogen-bond acceptors (Lipinski definition) is 4. The molecule has 0 heterocycles. The molecule has 1 atom stereocenters. The zero-order valence-electron chi connectivity index (χ0n) is 11.8. The van der Waals surface area contributed by atoms with Gasteiger partial charge >= 0.3 is 5.97 Å². The standard InChI is InChI=1S/C15H18N2O3/c1-10-6-7-13(9-12(10)5-4-8-16)14(18)17-11(2)15(19)20-3/h6-7,9,11H,8,16H2,1-3H3,(H,17,18). The SMILES string of the molecule is COC(=O)C(C)NC(=O)c1ccc(C)c(C#CCN)c1. The fraction of sp³-hybridized carbons (Fsp3) is 0.333. The van der Waals surface area contributed by atoms with Crippen molar-refractivity contribution in [1.29, 1.82) is 0 Å². The van der Waals surface area contributed by atoms with E-state index in [4.69, 9.17) is 5.73 Å². The van der Waals surface area contributed by atoms with Crippen LogP contribution in [0.25, 0.3) is 0 Å². The first-order valence-electron chi connectivity index (χ1n) is 6.18. The van der Waals surface area contributed by atoms with Gasteiger partial charge in [0.25, 0.3) is 5.91 Å². The molecule has 0 saturated carbocycles. The fourth-order valence-corrected chi connectivity index (χ4v) is 1.56. The number of amides is 1. The molecule has 0 aliphatic heterocycles. The lowest BCUT2D eigenvalue weighted by molar-refractivity contribution is -0.142. The molecule has 0 aliphatic carbocycles. The Kier molecular flexibility index (Phi) is 5.75. The lowest BCUT2D eigenvalue weighted by atomic mass is 10.0. The van der Waals surface area contributed by atoms with Crippen molar-refractivity contribution in [2.75, 3.05) is 13.7 Å². The van der Waals surface area contributed by atoms with Crippen LogP contribution in [-0.2, 0) is 9.53 Å². The summed E-state index contributed by atoms with van der Waals surface area (Å²) in [5, 5.41) is 2.56. The average molecular weight is 274 g/mol. The Morgan fingerprint density at radius 3 is 2.75 bits per heavy atom. The third-order valence-electron chi connectivity index (χ3n) is 2.73. The molecule has 1 unspecified atom stereocenters. The highest BCUT2D eigenvalue weighted by molar-refractivity contribution is 5.97. The first-order valence-corrected chi connectivity index (χ1v) is 6.18. The summed E-state index contributed by atoms with van der Waals surface area (Å²) in [5.74, 6) is 4.82. The van der Waals surface area contributed by atoms with E-state index in [0.717, 1.165) is 11.1 Å². The second-order valence-electron chi connectivity index (χ2n) is 4.25. The van der Waals surface area contributed by atoms with E-state index in [1.165, 1.54) is 7.11 Å². The highest BCUT2D eigenvalue weighted by Gasteiger charge is 2.17. The quantitative estimate of drug-likeness (QED) is 0.624. The molecule has 0 radical (unpaired) electrons. The van der Waals surface area contributed by atoms with Crippen LogP contribution in [0.2, 0.25) is 0 Å². The Hall–Kier alpha value is -2.32. The lowest BCUT2D eigenvalue weighted by Gasteiger charge is -2.12. The minimum Gasteiger partial charge on any atom is -0.467 e. The van der Waals surface area contributed by atoms with Crippen molar-refractivity contribution in [1.82, 2.24) is 5.32 Å². The van der Waals surface area contributed by atoms with Gasteiger partial charge < -0.3 is 15.8 Å². The number of esters is 1. The van der Waals surface area contributed by atoms with Crippen molar-refractivity contribution in [2.45, 2.75) is 19.9 Å². The largest absolute Gasteiger partial charge is 0.467 e. The monoisotopic (exact) mass is 274 g/mol. The van der Waals surface area contributed by atoms with Gasteiger partial charge in [0, 0.05) is 11.1 Å². The van der Waals surface area contributed by atoms with Crippen LogP contribution in [-0.4, -0.2) is 31.6 Å². The van der Waals surface area contributed by atoms with Crippen LogP contribution in [0.15, 0.2) is 18.2 Å². The number of nitrogens with one attached hydrogen (secondary N) is 1. The summed E-state index contributed by atoms with van der Waals surface area (Å²) in [6, 6.07) is 4.46. The predicted molar refractivity (Wildman–Crippen MR) is 76.1 cm³/mol. The minimum atomic E-state index is -0.702. The van der Waals surface area contributed by atoms with E-state index in [0.29, 0.717) is 5.56 Å². The lowest BCUT2D eigenvalue weighted by Crippen LogP contribution is -2.39. The number of ether oxygens (including phenoxy) is 1. The van der Waals surface area contributed by atoms with Gasteiger partial charge in [0.05, 0.1) is 13.7 Å². The molecular formula is C15H18N2O3. The van der Waals surface area contributed by atoms with E-state index in [2.05, 4.69) is 21.9 Å². The maximum Gasteiger partial charge on any atom is 0.328 e. The number of hydrogen-bond donors (Lipinski definition) is 2. The minimum absolute atomic E-state index is 0.259. The van der Waals surface area contributed by atoms with Crippen molar-refractivity contribution in [3.63, 3.8) is 0 Å². The summed E-state index contributed by atoms with van der Waals surface area (Å²) in [6.45, 7) is 3.72. The van der Waals surface area contributed by atoms with Gasteiger partial charge in [-0.25, -0.2) is 4.79 Å². The molecule has 0 saturated heterocycles. The third kappa shape index (κ3) is 4.11. The van der Waals surface area contributed by atoms with E-state index in [9.17, 15) is 9.59 Å². The number of methoxy groups -OCH3 is 1. The first kappa shape index (κ1) is 15.7. The van der Waals surface area contributed by atoms with Crippen LogP contribution >= 0.6 is 0 Å². The summed E-state index contributed by atoms with van der Waals surface area (Å²) in [4.78, 5) is 23.3. The Bertz CT molecular complexity index is 570. The van der Waals surface area contributed by atoms with Crippen molar-refractivity contribution in [2.24, 2.45) is 5.73 Å². The number of nitrogens with two attached hydrogens (primary N) is 1. The zero-order chi connectivity index (χ0) is 15.1. The molecule has 0 bridgehead atoms. The topological polar surface area (TPSA) is 81.4 Å². The fourth-order valence-electron chi connectivity index (χ4n) is 1.56. The summed E-state index contributed by atoms with van der Waals surface area (Å²) in [6.07, 6.45) is 0. The van der Waals surface area contributed by atoms with Crippen LogP contribution in [0, 0.1) is 18.8 Å². The Morgan fingerprint density at radius 2 is 2.15 bits per heavy atom. The maximum atomic E-state index is 12.0. The number of carbonyl (C=O) groups is 2. The van der Waals surface area contributed by atoms with E-state index in [-0.39, 0.29) is 12.5 Å². The third-order valence-corrected chi connectivity index (χ3v) is 2.73. The number of carbonyl (C=O) groups excluding carboxylic acids is 2. The number of rotatable bonds is 3. The van der Waals surface area contributed by atoms with E-state index < -0.39 is 12.0 Å². The van der Waals surface area contributed by atoms with Gasteiger partial charge in [-0.05, 0) is 31.5 Å². The summed E-state index contributed by atoms with van der Waals surface area (Å²) in [7, 11) is 1.28. The molecule has 1 amide bonds. The predicted octanol–water partition coefficient (Wildman–Crippen LogP) is 0.597. The molecule has 106 valence electrons. The Balaban J connectivity index is 2.91. The first-order chi connectivity index (χ1) is 9.49. The maximum absolute atomic E-state index is 12.0. The smallest absolute Gasteiger partial charge is 0.328 e. The second kappa shape index (κ2) is 7.31. The van der Waals surface area contributed by atoms with Crippen LogP contribution < -0.4 is 11.1 Å². The van der Waals surface area contributed by atoms with Gasteiger partial charge in [0.2, 0.25) is 0 Å². The van der Waals surface area contributed by atoms with E-state index in [1.807, 2.05) is 6.92 Å². The van der Waals surface area contributed by atoms with Crippen LogP contribution in [0.3, 0.4) is 0 Å². The van der Waals surface area contributed by atoms with Crippen molar-refractivity contribution in [3.8, 4) is 11.8 Å². The molecule has 0 fully saturated rings. The average Bonchev–Trinajstić information content (AvgIpc) is 2.45. The van der Waals surface area contributed by atoms with Crippen molar-refractivity contribution in [3.05, 3.63) is 34.9 Å². The Morgan fingerprint density at radius 1 is 1.45 bits per heavy atom. The van der Waals surface area contributed by atoms with Gasteiger partial charge in [-0.15, -0.1) is 0 Å². The molecule has 3 N–H and O–H groups in total. The van der Waals surface area contributed by atoms with Crippen molar-refractivity contribution < 1.29 is 14.3 Å². The van der Waals surface area contributed by atoms with E-state index >= 15 is 0 Å². The summed E-state index contributed by atoms with van der Waals surface area (Å²) >= 11 is 0. The number of aryl methyl sites for hydroxylation is 1. The van der Waals surface area contributed by atoms with Gasteiger partial charge in [-0.1, -0.05) is 17.9 Å². The molecule has 0 aliphatic rings. The molecule has 5 heteroatoms. The van der Waals surface area contributed by atoms with Gasteiger partial charge in [-0.3, -0.25) is 4.79 Å². The molecule has 0 aromatic heterocycles. The molecular weight excluding hydrogens is 256 g/mol. The highest BCUT2D eigenvalue weighted by atomic mass is 16.5. The molecule has 1 rings (SSSR count). The van der Waals surface area contributed by atoms with Gasteiger partial charge in [-0.2, -0.15) is 0 Å². The highest BCUT2D eigenvalue weighted by Crippen LogP contribution is 2.10. The normalized spacial score (nSPS) is 11.0. The zero-order valence-corrected chi connectivity index (χ0v) is 11.8. The summed E-state index contributed by atoms with van der Waals surface area (Å²) < 4.78 is 4.55. The van der Waals surface area contributed by atoms with Crippen molar-refractivity contribution >= 4 is 11.9 Å². The molecule has 20 heavy (non-hydrogen) atoms. The van der Waals surface area contributed by atoms with Gasteiger partial charge in [0.1, 0.15) is 6.04 Å². The number of benzene rings is 1. The van der Waals surface area contributed by atoms with Crippen LogP contribution in [0.4, 0.5) is 0 Å². The molecule has 0 spiro atoms. The van der Waals surface area contributed by atoms with E-state index in [1.54, 1.807) is 25.1 Å². The second-order valence-corrected chi connectivity index (χ2v) is 4.25. The Labute approximate surface area is 118 Å². The van der Waals surface area contributed by atoms with Crippen LogP contribution in [0.5, 0.6) is 0 Å². The summed E-state index contributed by atoms with van der Waals surface area (Å²) in [5.41, 5.74) is 7.48. The van der Waals surface area contributed by atoms with Gasteiger partial charge in [0.15, 0.2) is 0 Å².